The fraction of sp³-hybridized carbons (Fsp3) is 0. The first kappa shape index (κ1) is 6.48. The Morgan fingerprint density at radius 1 is 1.44 bits per heavy atom. The molecule has 0 amide bonds. The van der Waals surface area contributed by atoms with Crippen LogP contribution in [0.25, 0.3) is 0 Å². The van der Waals surface area contributed by atoms with Gasteiger partial charge in [0.1, 0.15) is 23.0 Å². The number of rotatable bonds is 1. The molecule has 0 aliphatic rings. The Bertz CT molecular complexity index is 187. The highest BCUT2D eigenvalue weighted by atomic mass is 32.2. The molecule has 1 aromatic heterocycles. The molecule has 0 bridgehead atoms. The molecule has 0 aromatic carbocycles. The third-order valence-corrected chi connectivity index (χ3v) is 1.18. The van der Waals surface area contributed by atoms with Crippen molar-refractivity contribution >= 4 is 12.1 Å². The van der Waals surface area contributed by atoms with E-state index in [9.17, 15) is 8.28 Å². The first-order valence-corrected chi connectivity index (χ1v) is 2.95. The van der Waals surface area contributed by atoms with Crippen LogP contribution < -0.4 is 0 Å². The van der Waals surface area contributed by atoms with Crippen LogP contribution in [0.5, 0.6) is 0 Å². The summed E-state index contributed by atoms with van der Waals surface area (Å²) >= 11 is -0.000278. The van der Waals surface area contributed by atoms with Crippen molar-refractivity contribution in [2.75, 3.05) is 0 Å². The van der Waals surface area contributed by atoms with Crippen molar-refractivity contribution in [2.45, 2.75) is 5.03 Å². The lowest BCUT2D eigenvalue weighted by molar-refractivity contribution is 0.617. The molecule has 0 aliphatic carbocycles. The van der Waals surface area contributed by atoms with Crippen LogP contribution in [0.1, 0.15) is 0 Å². The molecule has 0 spiro atoms. The monoisotopic (exact) mass is 147 g/mol. The Morgan fingerprint density at radius 2 is 2.22 bits per heavy atom. The van der Waals surface area contributed by atoms with Crippen LogP contribution >= 0.6 is 12.1 Å². The third-order valence-electron chi connectivity index (χ3n) is 0.779. The maximum absolute atomic E-state index is 12.0. The van der Waals surface area contributed by atoms with Crippen molar-refractivity contribution in [1.29, 1.82) is 0 Å². The number of hydrogen-bond donors (Lipinski definition) is 0. The van der Waals surface area contributed by atoms with Crippen LogP contribution in [0.15, 0.2) is 23.4 Å². The van der Waals surface area contributed by atoms with E-state index in [0.717, 1.165) is 12.3 Å². The summed E-state index contributed by atoms with van der Waals surface area (Å²) in [6, 6.07) is 2.44. The van der Waals surface area contributed by atoms with E-state index in [0.29, 0.717) is 0 Å². The van der Waals surface area contributed by atoms with Crippen LogP contribution in [0.2, 0.25) is 0 Å². The van der Waals surface area contributed by atoms with E-state index in [4.69, 9.17) is 0 Å². The number of pyridine rings is 1. The second kappa shape index (κ2) is 2.77. The fourth-order valence-corrected chi connectivity index (χ4v) is 0.620. The molecule has 0 unspecified atom stereocenters. The van der Waals surface area contributed by atoms with Gasteiger partial charge in [-0.15, -0.1) is 0 Å². The second-order valence-corrected chi connectivity index (χ2v) is 1.96. The van der Waals surface area contributed by atoms with Gasteiger partial charge in [-0.3, -0.25) is 0 Å². The van der Waals surface area contributed by atoms with Gasteiger partial charge in [-0.1, -0.05) is 0 Å². The van der Waals surface area contributed by atoms with Gasteiger partial charge in [-0.25, -0.2) is 9.37 Å². The summed E-state index contributed by atoms with van der Waals surface area (Å²) in [7, 11) is 0. The topological polar surface area (TPSA) is 12.9 Å². The van der Waals surface area contributed by atoms with Crippen molar-refractivity contribution in [2.24, 2.45) is 0 Å². The molecule has 1 nitrogen and oxygen atoms in total. The van der Waals surface area contributed by atoms with Crippen LogP contribution in [-0.2, 0) is 0 Å². The molecule has 0 saturated heterocycles. The molecule has 1 aromatic rings. The maximum atomic E-state index is 12.0. The maximum Gasteiger partial charge on any atom is 0.141 e. The molecule has 48 valence electrons. The Balaban J connectivity index is 2.88. The summed E-state index contributed by atoms with van der Waals surface area (Å²) in [5.74, 6) is -0.451. The molecular formula is C5H3F2NS. The predicted octanol–water partition coefficient (Wildman–Crippen LogP) is 2.20. The van der Waals surface area contributed by atoms with Crippen molar-refractivity contribution in [1.82, 2.24) is 4.98 Å². The normalized spacial score (nSPS) is 9.56. The SMILES string of the molecule is FSc1ccc(F)cn1. The fourth-order valence-electron chi connectivity index (χ4n) is 0.408. The predicted molar refractivity (Wildman–Crippen MR) is 31.2 cm³/mol. The summed E-state index contributed by atoms with van der Waals surface area (Å²) in [6.07, 6.45) is 0.974. The highest BCUT2D eigenvalue weighted by Crippen LogP contribution is 2.14. The first-order valence-electron chi connectivity index (χ1n) is 2.23. The van der Waals surface area contributed by atoms with E-state index in [1.54, 1.807) is 0 Å². The number of halogens is 2. The van der Waals surface area contributed by atoms with E-state index < -0.39 is 5.82 Å². The minimum absolute atomic E-state index is 0.000278. The van der Waals surface area contributed by atoms with Gasteiger partial charge in [0.15, 0.2) is 0 Å². The highest BCUT2D eigenvalue weighted by molar-refractivity contribution is 7.94. The average molecular weight is 147 g/mol. The summed E-state index contributed by atoms with van der Waals surface area (Å²) in [6.45, 7) is 0. The zero-order valence-corrected chi connectivity index (χ0v) is 5.16. The van der Waals surface area contributed by atoms with E-state index >= 15 is 0 Å². The summed E-state index contributed by atoms with van der Waals surface area (Å²) in [5, 5.41) is 0.177. The van der Waals surface area contributed by atoms with Gasteiger partial charge in [0.05, 0.1) is 6.20 Å². The number of aromatic nitrogens is 1. The Labute approximate surface area is 55.4 Å². The molecular weight excluding hydrogens is 144 g/mol. The smallest absolute Gasteiger partial charge is 0.141 e. The van der Waals surface area contributed by atoms with Gasteiger partial charge in [0.25, 0.3) is 0 Å². The first-order chi connectivity index (χ1) is 4.33. The Morgan fingerprint density at radius 3 is 2.67 bits per heavy atom. The molecule has 4 heteroatoms. The largest absolute Gasteiger partial charge is 0.244 e. The van der Waals surface area contributed by atoms with Gasteiger partial charge in [-0.2, -0.15) is 3.89 Å². The molecule has 0 N–H and O–H groups in total. The molecule has 0 radical (unpaired) electrons. The lowest BCUT2D eigenvalue weighted by atomic mass is 10.5. The zero-order chi connectivity index (χ0) is 6.69. The molecule has 0 saturated carbocycles. The molecule has 9 heavy (non-hydrogen) atoms. The standard InChI is InChI=1S/C5H3F2NS/c6-4-1-2-5(9-7)8-3-4/h1-3H. The van der Waals surface area contributed by atoms with Crippen LogP contribution in [0, 0.1) is 5.82 Å². The van der Waals surface area contributed by atoms with Crippen molar-refractivity contribution < 1.29 is 8.28 Å². The molecule has 0 fully saturated rings. The Hall–Kier alpha value is -0.640. The quantitative estimate of drug-likeness (QED) is 0.604. The van der Waals surface area contributed by atoms with E-state index in [2.05, 4.69) is 4.98 Å². The van der Waals surface area contributed by atoms with Gasteiger partial charge < -0.3 is 0 Å². The van der Waals surface area contributed by atoms with Crippen LogP contribution in [0.4, 0.5) is 8.28 Å². The zero-order valence-electron chi connectivity index (χ0n) is 4.34. The third kappa shape index (κ3) is 1.64. The minimum Gasteiger partial charge on any atom is -0.244 e. The number of nitrogens with zero attached hydrogens (tertiary/aromatic N) is 1. The molecule has 0 aliphatic heterocycles. The van der Waals surface area contributed by atoms with Crippen LogP contribution in [0.3, 0.4) is 0 Å². The van der Waals surface area contributed by atoms with Crippen LogP contribution in [-0.4, -0.2) is 4.98 Å². The van der Waals surface area contributed by atoms with Gasteiger partial charge in [-0.05, 0) is 12.1 Å². The van der Waals surface area contributed by atoms with E-state index in [-0.39, 0.29) is 17.2 Å². The highest BCUT2D eigenvalue weighted by Gasteiger charge is 1.92. The van der Waals surface area contributed by atoms with E-state index in [1.807, 2.05) is 0 Å². The van der Waals surface area contributed by atoms with Crippen molar-refractivity contribution in [3.8, 4) is 0 Å². The van der Waals surface area contributed by atoms with Gasteiger partial charge >= 0.3 is 0 Å². The molecule has 0 atom stereocenters. The summed E-state index contributed by atoms with van der Waals surface area (Å²) < 4.78 is 23.6. The Kier molecular flexibility index (Phi) is 2.00. The summed E-state index contributed by atoms with van der Waals surface area (Å²) in [5.41, 5.74) is 0. The lowest BCUT2D eigenvalue weighted by Crippen LogP contribution is -1.77. The average Bonchev–Trinajstić information content (AvgIpc) is 1.90. The van der Waals surface area contributed by atoms with Gasteiger partial charge in [0, 0.05) is 0 Å². The summed E-state index contributed by atoms with van der Waals surface area (Å²) in [4.78, 5) is 3.41. The number of hydrogen-bond acceptors (Lipinski definition) is 2. The lowest BCUT2D eigenvalue weighted by Gasteiger charge is -1.87. The second-order valence-electron chi connectivity index (χ2n) is 1.39. The molecule has 1 rings (SSSR count). The van der Waals surface area contributed by atoms with Crippen molar-refractivity contribution in [3.05, 3.63) is 24.1 Å². The molecule has 1 heterocycles. The van der Waals surface area contributed by atoms with Crippen molar-refractivity contribution in [3.63, 3.8) is 0 Å². The van der Waals surface area contributed by atoms with Gasteiger partial charge in [0.2, 0.25) is 0 Å². The van der Waals surface area contributed by atoms with E-state index in [1.165, 1.54) is 6.07 Å². The minimum atomic E-state index is -0.451.